The molecule has 0 radical (unpaired) electrons. The Morgan fingerprint density at radius 1 is 1.16 bits per heavy atom. The number of halogens is 1. The van der Waals surface area contributed by atoms with E-state index in [-0.39, 0.29) is 24.8 Å². The number of anilines is 1. The highest BCUT2D eigenvalue weighted by molar-refractivity contribution is 7.15. The minimum absolute atomic E-state index is 0.171. The van der Waals surface area contributed by atoms with Crippen LogP contribution in [0.15, 0.2) is 60.8 Å². The van der Waals surface area contributed by atoms with Gasteiger partial charge in [0.25, 0.3) is 0 Å². The van der Waals surface area contributed by atoms with Crippen molar-refractivity contribution in [1.82, 2.24) is 4.98 Å². The zero-order valence-corrected chi connectivity index (χ0v) is 14.3. The van der Waals surface area contributed by atoms with Crippen molar-refractivity contribution in [3.63, 3.8) is 0 Å². The molecule has 0 fully saturated rings. The number of hydrogen-bond acceptors (Lipinski definition) is 4. The molecule has 4 nitrogen and oxygen atoms in total. The second kappa shape index (κ2) is 8.39. The number of thiazole rings is 1. The maximum atomic E-state index is 13.0. The van der Waals surface area contributed by atoms with Crippen LogP contribution in [0.25, 0.3) is 0 Å². The van der Waals surface area contributed by atoms with Crippen LogP contribution in [0.1, 0.15) is 16.9 Å². The number of ether oxygens (including phenoxy) is 1. The van der Waals surface area contributed by atoms with E-state index in [0.717, 1.165) is 11.3 Å². The predicted molar refractivity (Wildman–Crippen MR) is 96.5 cm³/mol. The molecule has 0 aliphatic rings. The van der Waals surface area contributed by atoms with Crippen molar-refractivity contribution < 1.29 is 13.9 Å². The molecule has 2 aromatic carbocycles. The van der Waals surface area contributed by atoms with Gasteiger partial charge >= 0.3 is 0 Å². The Morgan fingerprint density at radius 3 is 2.80 bits per heavy atom. The van der Waals surface area contributed by atoms with Crippen molar-refractivity contribution in [2.45, 2.75) is 12.8 Å². The number of aromatic nitrogens is 1. The molecule has 25 heavy (non-hydrogen) atoms. The summed E-state index contributed by atoms with van der Waals surface area (Å²) in [5, 5.41) is 3.33. The Morgan fingerprint density at radius 2 is 2.00 bits per heavy atom. The molecule has 1 aromatic heterocycles. The van der Waals surface area contributed by atoms with Gasteiger partial charge in [0.2, 0.25) is 5.91 Å². The molecule has 3 aromatic rings. The Labute approximate surface area is 149 Å². The molecule has 128 valence electrons. The average molecular weight is 356 g/mol. The van der Waals surface area contributed by atoms with E-state index in [1.807, 2.05) is 18.2 Å². The van der Waals surface area contributed by atoms with Crippen molar-refractivity contribution >= 4 is 22.4 Å². The summed E-state index contributed by atoms with van der Waals surface area (Å²) in [6, 6.07) is 15.9. The van der Waals surface area contributed by atoms with Gasteiger partial charge in [-0.05, 0) is 17.7 Å². The molecular formula is C19H17FN2O2S. The number of nitrogens with one attached hydrogen (secondary N) is 1. The second-order valence-corrected chi connectivity index (χ2v) is 6.51. The van der Waals surface area contributed by atoms with Crippen LogP contribution in [0.4, 0.5) is 9.52 Å². The summed E-state index contributed by atoms with van der Waals surface area (Å²) in [6.45, 7) is 0.178. The summed E-state index contributed by atoms with van der Waals surface area (Å²) >= 11 is 1.45. The standard InChI is InChI=1S/C19H17FN2O2S/c20-15-7-4-8-16(12-15)24-10-9-18(23)22-19-21-13-17(25-19)11-14-5-2-1-3-6-14/h1-8,12-13H,9-11H2,(H,21,22,23). The number of rotatable bonds is 7. The van der Waals surface area contributed by atoms with E-state index in [0.29, 0.717) is 10.9 Å². The molecule has 0 unspecified atom stereocenters. The lowest BCUT2D eigenvalue weighted by Gasteiger charge is -2.05. The summed E-state index contributed by atoms with van der Waals surface area (Å²) in [7, 11) is 0. The lowest BCUT2D eigenvalue weighted by Crippen LogP contribution is -2.15. The topological polar surface area (TPSA) is 51.2 Å². The zero-order chi connectivity index (χ0) is 17.5. The van der Waals surface area contributed by atoms with E-state index in [4.69, 9.17) is 4.74 Å². The van der Waals surface area contributed by atoms with E-state index >= 15 is 0 Å². The van der Waals surface area contributed by atoms with Gasteiger partial charge in [-0.1, -0.05) is 36.4 Å². The first-order valence-corrected chi connectivity index (χ1v) is 8.67. The molecule has 1 amide bonds. The fraction of sp³-hybridized carbons (Fsp3) is 0.158. The largest absolute Gasteiger partial charge is 0.493 e. The molecule has 0 saturated heterocycles. The lowest BCUT2D eigenvalue weighted by molar-refractivity contribution is -0.116. The second-order valence-electron chi connectivity index (χ2n) is 5.40. The van der Waals surface area contributed by atoms with Gasteiger partial charge in [0.15, 0.2) is 5.13 Å². The van der Waals surface area contributed by atoms with Crippen LogP contribution < -0.4 is 10.1 Å². The first kappa shape index (κ1) is 17.1. The fourth-order valence-electron chi connectivity index (χ4n) is 2.24. The highest BCUT2D eigenvalue weighted by Gasteiger charge is 2.08. The Balaban J connectivity index is 1.45. The van der Waals surface area contributed by atoms with Gasteiger partial charge < -0.3 is 10.1 Å². The van der Waals surface area contributed by atoms with E-state index in [1.54, 1.807) is 18.3 Å². The summed E-state index contributed by atoms with van der Waals surface area (Å²) < 4.78 is 18.4. The summed E-state index contributed by atoms with van der Waals surface area (Å²) in [4.78, 5) is 17.2. The van der Waals surface area contributed by atoms with Crippen molar-refractivity contribution in [2.24, 2.45) is 0 Å². The SMILES string of the molecule is O=C(CCOc1cccc(F)c1)Nc1ncc(Cc2ccccc2)s1. The van der Waals surface area contributed by atoms with Gasteiger partial charge in [0, 0.05) is 23.6 Å². The molecule has 0 bridgehead atoms. The molecular weight excluding hydrogens is 339 g/mol. The zero-order valence-electron chi connectivity index (χ0n) is 13.4. The number of amides is 1. The van der Waals surface area contributed by atoms with Crippen LogP contribution in [-0.2, 0) is 11.2 Å². The van der Waals surface area contributed by atoms with Crippen LogP contribution in [0, 0.1) is 5.82 Å². The number of carbonyl (C=O) groups excluding carboxylic acids is 1. The maximum Gasteiger partial charge on any atom is 0.229 e. The quantitative estimate of drug-likeness (QED) is 0.687. The van der Waals surface area contributed by atoms with Gasteiger partial charge in [-0.2, -0.15) is 0 Å². The molecule has 0 spiro atoms. The molecule has 6 heteroatoms. The molecule has 3 rings (SSSR count). The van der Waals surface area contributed by atoms with Gasteiger partial charge in [-0.25, -0.2) is 9.37 Å². The third-order valence-electron chi connectivity index (χ3n) is 3.42. The first-order chi connectivity index (χ1) is 12.2. The van der Waals surface area contributed by atoms with E-state index in [2.05, 4.69) is 22.4 Å². The van der Waals surface area contributed by atoms with E-state index in [1.165, 1.54) is 29.0 Å². The average Bonchev–Trinajstić information content (AvgIpc) is 3.02. The summed E-state index contributed by atoms with van der Waals surface area (Å²) in [5.74, 6) is -0.139. The highest BCUT2D eigenvalue weighted by atomic mass is 32.1. The smallest absolute Gasteiger partial charge is 0.229 e. The minimum atomic E-state index is -0.365. The number of hydrogen-bond donors (Lipinski definition) is 1. The van der Waals surface area contributed by atoms with Crippen LogP contribution >= 0.6 is 11.3 Å². The third-order valence-corrected chi connectivity index (χ3v) is 4.33. The monoisotopic (exact) mass is 356 g/mol. The normalized spacial score (nSPS) is 10.4. The number of nitrogens with zero attached hydrogens (tertiary/aromatic N) is 1. The minimum Gasteiger partial charge on any atom is -0.493 e. The first-order valence-electron chi connectivity index (χ1n) is 7.86. The fourth-order valence-corrected chi connectivity index (χ4v) is 3.11. The van der Waals surface area contributed by atoms with E-state index in [9.17, 15) is 9.18 Å². The Kier molecular flexibility index (Phi) is 5.74. The van der Waals surface area contributed by atoms with Crippen LogP contribution in [0.5, 0.6) is 5.75 Å². The number of benzene rings is 2. The van der Waals surface area contributed by atoms with Crippen molar-refractivity contribution in [2.75, 3.05) is 11.9 Å². The molecule has 0 aliphatic heterocycles. The van der Waals surface area contributed by atoms with Crippen molar-refractivity contribution in [1.29, 1.82) is 0 Å². The number of carbonyl (C=O) groups is 1. The van der Waals surface area contributed by atoms with Gasteiger partial charge in [0.05, 0.1) is 13.0 Å². The lowest BCUT2D eigenvalue weighted by atomic mass is 10.1. The van der Waals surface area contributed by atoms with E-state index < -0.39 is 0 Å². The van der Waals surface area contributed by atoms with Gasteiger partial charge in [0.1, 0.15) is 11.6 Å². The molecule has 1 heterocycles. The molecule has 0 aliphatic carbocycles. The highest BCUT2D eigenvalue weighted by Crippen LogP contribution is 2.21. The Bertz CT molecular complexity index is 836. The summed E-state index contributed by atoms with van der Waals surface area (Å²) in [6.07, 6.45) is 2.73. The van der Waals surface area contributed by atoms with Crippen LogP contribution in [0.3, 0.4) is 0 Å². The summed E-state index contributed by atoms with van der Waals surface area (Å²) in [5.41, 5.74) is 1.20. The van der Waals surface area contributed by atoms with Crippen molar-refractivity contribution in [3.8, 4) is 5.75 Å². The van der Waals surface area contributed by atoms with Crippen molar-refractivity contribution in [3.05, 3.63) is 77.1 Å². The molecule has 1 N–H and O–H groups in total. The maximum absolute atomic E-state index is 13.0. The molecule has 0 saturated carbocycles. The van der Waals surface area contributed by atoms with Crippen LogP contribution in [0.2, 0.25) is 0 Å². The van der Waals surface area contributed by atoms with Gasteiger partial charge in [-0.3, -0.25) is 4.79 Å². The van der Waals surface area contributed by atoms with Crippen LogP contribution in [-0.4, -0.2) is 17.5 Å². The predicted octanol–water partition coefficient (Wildman–Crippen LogP) is 4.28. The third kappa shape index (κ3) is 5.39. The molecule has 0 atom stereocenters. The van der Waals surface area contributed by atoms with Gasteiger partial charge in [-0.15, -0.1) is 11.3 Å². The Hall–Kier alpha value is -2.73.